The average molecular weight is 252 g/mol. The number of nitrogens with zero attached hydrogens (tertiary/aromatic N) is 1. The molecule has 4 heteroatoms. The first kappa shape index (κ1) is 13.5. The maximum absolute atomic E-state index is 11.4. The summed E-state index contributed by atoms with van der Waals surface area (Å²) >= 11 is 0. The molecule has 2 aliphatic rings. The predicted octanol–water partition coefficient (Wildman–Crippen LogP) is 1.55. The molecular formula is C14H24N2O2. The first-order chi connectivity index (χ1) is 8.49. The molecule has 0 radical (unpaired) electrons. The fraction of sp³-hybridized carbons (Fsp3) is 0.857. The van der Waals surface area contributed by atoms with Crippen LogP contribution < -0.4 is 5.32 Å². The molecular weight excluding hydrogens is 228 g/mol. The second-order valence-corrected chi connectivity index (χ2v) is 6.42. The Kier molecular flexibility index (Phi) is 4.05. The van der Waals surface area contributed by atoms with Crippen LogP contribution in [0.25, 0.3) is 0 Å². The number of carbonyl (C=O) groups is 2. The Bertz CT molecular complexity index is 317. The van der Waals surface area contributed by atoms with Crippen molar-refractivity contribution in [3.8, 4) is 0 Å². The van der Waals surface area contributed by atoms with Gasteiger partial charge in [0.15, 0.2) is 0 Å². The largest absolute Gasteiger partial charge is 0.294 e. The van der Waals surface area contributed by atoms with Crippen LogP contribution in [-0.2, 0) is 9.59 Å². The summed E-state index contributed by atoms with van der Waals surface area (Å²) in [4.78, 5) is 24.9. The quantitative estimate of drug-likeness (QED) is 0.772. The van der Waals surface area contributed by atoms with Crippen LogP contribution in [0.2, 0.25) is 0 Å². The Morgan fingerprint density at radius 2 is 1.72 bits per heavy atom. The Morgan fingerprint density at radius 3 is 2.22 bits per heavy atom. The first-order valence-electron chi connectivity index (χ1n) is 7.04. The van der Waals surface area contributed by atoms with E-state index in [0.717, 1.165) is 6.54 Å². The van der Waals surface area contributed by atoms with Gasteiger partial charge in [-0.3, -0.25) is 19.8 Å². The maximum atomic E-state index is 11.4. The molecule has 2 rings (SSSR count). The van der Waals surface area contributed by atoms with E-state index >= 15 is 0 Å². The second kappa shape index (κ2) is 5.39. The van der Waals surface area contributed by atoms with Gasteiger partial charge in [-0.25, -0.2) is 0 Å². The Morgan fingerprint density at radius 1 is 1.17 bits per heavy atom. The van der Waals surface area contributed by atoms with E-state index in [2.05, 4.69) is 19.2 Å². The highest BCUT2D eigenvalue weighted by Crippen LogP contribution is 2.43. The summed E-state index contributed by atoms with van der Waals surface area (Å²) in [6.07, 6.45) is 6.29. The summed E-state index contributed by atoms with van der Waals surface area (Å²) in [7, 11) is 0. The molecule has 1 aliphatic heterocycles. The topological polar surface area (TPSA) is 49.4 Å². The molecule has 102 valence electrons. The highest BCUT2D eigenvalue weighted by molar-refractivity contribution is 5.99. The summed E-state index contributed by atoms with van der Waals surface area (Å²) in [5, 5.41) is 2.37. The van der Waals surface area contributed by atoms with Crippen molar-refractivity contribution in [2.75, 3.05) is 19.6 Å². The van der Waals surface area contributed by atoms with E-state index in [9.17, 15) is 9.59 Å². The lowest BCUT2D eigenvalue weighted by Gasteiger charge is -2.37. The molecule has 2 amide bonds. The van der Waals surface area contributed by atoms with Crippen LogP contribution in [0.15, 0.2) is 0 Å². The predicted molar refractivity (Wildman–Crippen MR) is 69.9 cm³/mol. The summed E-state index contributed by atoms with van der Waals surface area (Å²) in [5.74, 6) is 0.380. The van der Waals surface area contributed by atoms with Gasteiger partial charge in [0, 0.05) is 6.54 Å². The molecule has 0 bridgehead atoms. The minimum atomic E-state index is -0.149. The number of hydrogen-bond acceptors (Lipinski definition) is 3. The van der Waals surface area contributed by atoms with E-state index in [4.69, 9.17) is 0 Å². The normalized spacial score (nSPS) is 24.6. The Hall–Kier alpha value is -0.900. The van der Waals surface area contributed by atoms with E-state index in [1.807, 2.05) is 4.90 Å². The van der Waals surface area contributed by atoms with Crippen LogP contribution in [0.5, 0.6) is 0 Å². The van der Waals surface area contributed by atoms with Crippen molar-refractivity contribution in [1.29, 1.82) is 0 Å². The van der Waals surface area contributed by atoms with Crippen molar-refractivity contribution in [2.24, 2.45) is 11.3 Å². The number of amides is 2. The lowest BCUT2D eigenvalue weighted by molar-refractivity contribution is -0.136. The lowest BCUT2D eigenvalue weighted by atomic mass is 9.78. The zero-order valence-corrected chi connectivity index (χ0v) is 11.5. The minimum Gasteiger partial charge on any atom is -0.294 e. The molecule has 1 heterocycles. The molecule has 0 aromatic rings. The minimum absolute atomic E-state index is 0.149. The monoisotopic (exact) mass is 252 g/mol. The van der Waals surface area contributed by atoms with Crippen molar-refractivity contribution in [1.82, 2.24) is 10.2 Å². The smallest absolute Gasteiger partial charge is 0.240 e. The van der Waals surface area contributed by atoms with Gasteiger partial charge in [0.25, 0.3) is 0 Å². The van der Waals surface area contributed by atoms with Crippen molar-refractivity contribution in [3.05, 3.63) is 0 Å². The summed E-state index contributed by atoms with van der Waals surface area (Å²) in [5.41, 5.74) is 0.339. The summed E-state index contributed by atoms with van der Waals surface area (Å²) < 4.78 is 0. The Balaban J connectivity index is 2.00. The molecule has 0 unspecified atom stereocenters. The van der Waals surface area contributed by atoms with Gasteiger partial charge in [0.2, 0.25) is 11.8 Å². The van der Waals surface area contributed by atoms with Crippen LogP contribution in [0, 0.1) is 11.3 Å². The third-order valence-corrected chi connectivity index (χ3v) is 4.08. The fourth-order valence-electron chi connectivity index (χ4n) is 3.70. The van der Waals surface area contributed by atoms with Crippen molar-refractivity contribution in [3.63, 3.8) is 0 Å². The molecule has 0 spiro atoms. The molecule has 18 heavy (non-hydrogen) atoms. The van der Waals surface area contributed by atoms with Gasteiger partial charge in [-0.05, 0) is 30.6 Å². The lowest BCUT2D eigenvalue weighted by Crippen LogP contribution is -2.53. The molecule has 0 aromatic heterocycles. The van der Waals surface area contributed by atoms with Crippen LogP contribution >= 0.6 is 0 Å². The van der Waals surface area contributed by atoms with Gasteiger partial charge in [-0.2, -0.15) is 0 Å². The van der Waals surface area contributed by atoms with E-state index in [1.165, 1.54) is 32.1 Å². The number of piperazine rings is 1. The first-order valence-corrected chi connectivity index (χ1v) is 7.04. The van der Waals surface area contributed by atoms with E-state index in [1.54, 1.807) is 0 Å². The molecule has 1 saturated heterocycles. The Labute approximate surface area is 109 Å². The fourth-order valence-corrected chi connectivity index (χ4v) is 3.70. The standard InChI is InChI=1S/C14H24N2O2/c1-11(2)7-14(5-3-4-6-14)10-16-8-12(17)15-13(18)9-16/h11H,3-10H2,1-2H3,(H,15,17,18). The van der Waals surface area contributed by atoms with E-state index < -0.39 is 0 Å². The van der Waals surface area contributed by atoms with Gasteiger partial charge in [0.1, 0.15) is 0 Å². The maximum Gasteiger partial charge on any atom is 0.240 e. The van der Waals surface area contributed by atoms with E-state index in [0.29, 0.717) is 24.4 Å². The van der Waals surface area contributed by atoms with Crippen molar-refractivity contribution in [2.45, 2.75) is 46.0 Å². The molecule has 2 fully saturated rings. The SMILES string of the molecule is CC(C)CC1(CN2CC(=O)NC(=O)C2)CCCC1. The third kappa shape index (κ3) is 3.31. The van der Waals surface area contributed by atoms with Crippen molar-refractivity contribution < 1.29 is 9.59 Å². The second-order valence-electron chi connectivity index (χ2n) is 6.42. The van der Waals surface area contributed by atoms with Gasteiger partial charge < -0.3 is 0 Å². The van der Waals surface area contributed by atoms with Gasteiger partial charge in [0.05, 0.1) is 13.1 Å². The number of nitrogens with one attached hydrogen (secondary N) is 1. The number of hydrogen-bond donors (Lipinski definition) is 1. The molecule has 1 N–H and O–H groups in total. The summed E-state index contributed by atoms with van der Waals surface area (Å²) in [6.45, 7) is 6.18. The molecule has 0 aromatic carbocycles. The van der Waals surface area contributed by atoms with Gasteiger partial charge >= 0.3 is 0 Å². The summed E-state index contributed by atoms with van der Waals surface area (Å²) in [6, 6.07) is 0. The van der Waals surface area contributed by atoms with Crippen LogP contribution in [-0.4, -0.2) is 36.3 Å². The van der Waals surface area contributed by atoms with Gasteiger partial charge in [-0.15, -0.1) is 0 Å². The van der Waals surface area contributed by atoms with Crippen molar-refractivity contribution >= 4 is 11.8 Å². The average Bonchev–Trinajstić information content (AvgIpc) is 2.63. The highest BCUT2D eigenvalue weighted by Gasteiger charge is 2.37. The van der Waals surface area contributed by atoms with E-state index in [-0.39, 0.29) is 11.8 Å². The third-order valence-electron chi connectivity index (χ3n) is 4.08. The molecule has 0 atom stereocenters. The molecule has 1 aliphatic carbocycles. The van der Waals surface area contributed by atoms with Crippen LogP contribution in [0.3, 0.4) is 0 Å². The number of imide groups is 1. The number of carbonyl (C=O) groups excluding carboxylic acids is 2. The van der Waals surface area contributed by atoms with Crippen LogP contribution in [0.4, 0.5) is 0 Å². The zero-order chi connectivity index (χ0) is 13.2. The molecule has 4 nitrogen and oxygen atoms in total. The highest BCUT2D eigenvalue weighted by atomic mass is 16.2. The van der Waals surface area contributed by atoms with Gasteiger partial charge in [-0.1, -0.05) is 26.7 Å². The zero-order valence-electron chi connectivity index (χ0n) is 11.5. The number of rotatable bonds is 4. The molecule has 1 saturated carbocycles. The van der Waals surface area contributed by atoms with Crippen LogP contribution in [0.1, 0.15) is 46.0 Å².